The highest BCUT2D eigenvalue weighted by atomic mass is 35.5. The maximum absolute atomic E-state index is 11.4. The van der Waals surface area contributed by atoms with Crippen molar-refractivity contribution in [2.24, 2.45) is 0 Å². The SMILES string of the molecule is CC1(c2cc3cc(Cl)ccc3o2)CCC(=O)C1. The summed E-state index contributed by atoms with van der Waals surface area (Å²) in [6, 6.07) is 7.60. The molecule has 1 atom stereocenters. The highest BCUT2D eigenvalue weighted by molar-refractivity contribution is 6.31. The zero-order chi connectivity index (χ0) is 12.0. The van der Waals surface area contributed by atoms with Gasteiger partial charge in [-0.25, -0.2) is 0 Å². The Labute approximate surface area is 105 Å². The van der Waals surface area contributed by atoms with Crippen LogP contribution in [0.25, 0.3) is 11.0 Å². The fraction of sp³-hybridized carbons (Fsp3) is 0.357. The third-order valence-electron chi connectivity index (χ3n) is 3.62. The number of halogens is 1. The van der Waals surface area contributed by atoms with Gasteiger partial charge in [0.05, 0.1) is 0 Å². The Kier molecular flexibility index (Phi) is 2.30. The molecule has 1 saturated carbocycles. The number of fused-ring (bicyclic) bond motifs is 1. The Morgan fingerprint density at radius 3 is 2.88 bits per heavy atom. The van der Waals surface area contributed by atoms with E-state index in [1.54, 1.807) is 0 Å². The molecule has 1 aliphatic rings. The van der Waals surface area contributed by atoms with Crippen LogP contribution in [0.3, 0.4) is 0 Å². The summed E-state index contributed by atoms with van der Waals surface area (Å²) in [5.41, 5.74) is 0.702. The fourth-order valence-electron chi connectivity index (χ4n) is 2.55. The van der Waals surface area contributed by atoms with E-state index < -0.39 is 0 Å². The Bertz CT molecular complexity index is 599. The van der Waals surface area contributed by atoms with Gasteiger partial charge in [-0.05, 0) is 30.7 Å². The third-order valence-corrected chi connectivity index (χ3v) is 3.85. The number of ketones is 1. The van der Waals surface area contributed by atoms with Gasteiger partial charge in [-0.3, -0.25) is 4.79 Å². The summed E-state index contributed by atoms with van der Waals surface area (Å²) in [6.07, 6.45) is 2.12. The van der Waals surface area contributed by atoms with E-state index in [4.69, 9.17) is 16.0 Å². The van der Waals surface area contributed by atoms with Crippen LogP contribution in [0.4, 0.5) is 0 Å². The summed E-state index contributed by atoms with van der Waals surface area (Å²) < 4.78 is 5.85. The highest BCUT2D eigenvalue weighted by Gasteiger charge is 2.38. The van der Waals surface area contributed by atoms with Gasteiger partial charge in [0.1, 0.15) is 17.1 Å². The van der Waals surface area contributed by atoms with E-state index in [9.17, 15) is 4.79 Å². The molecule has 3 rings (SSSR count). The highest BCUT2D eigenvalue weighted by Crippen LogP contribution is 2.41. The zero-order valence-electron chi connectivity index (χ0n) is 9.63. The average Bonchev–Trinajstić information content (AvgIpc) is 2.83. The largest absolute Gasteiger partial charge is 0.460 e. The summed E-state index contributed by atoms with van der Waals surface area (Å²) in [5, 5.41) is 1.71. The van der Waals surface area contributed by atoms with Gasteiger partial charge in [-0.2, -0.15) is 0 Å². The van der Waals surface area contributed by atoms with E-state index >= 15 is 0 Å². The summed E-state index contributed by atoms with van der Waals surface area (Å²) in [6.45, 7) is 2.09. The summed E-state index contributed by atoms with van der Waals surface area (Å²) in [7, 11) is 0. The van der Waals surface area contributed by atoms with Gasteiger partial charge in [0, 0.05) is 28.7 Å². The van der Waals surface area contributed by atoms with Crippen molar-refractivity contribution in [1.29, 1.82) is 0 Å². The first kappa shape index (κ1) is 10.8. The Hall–Kier alpha value is -1.28. The van der Waals surface area contributed by atoms with Gasteiger partial charge >= 0.3 is 0 Å². The molecule has 0 saturated heterocycles. The fourth-order valence-corrected chi connectivity index (χ4v) is 2.73. The molecule has 1 heterocycles. The second-order valence-electron chi connectivity index (χ2n) is 5.07. The molecular weight excluding hydrogens is 236 g/mol. The van der Waals surface area contributed by atoms with Crippen molar-refractivity contribution in [3.05, 3.63) is 35.0 Å². The van der Waals surface area contributed by atoms with Crippen LogP contribution in [-0.4, -0.2) is 5.78 Å². The maximum atomic E-state index is 11.4. The number of rotatable bonds is 1. The standard InChI is InChI=1S/C14H13ClO2/c1-14(5-4-11(16)8-14)13-7-9-6-10(15)2-3-12(9)17-13/h2-3,6-7H,4-5,8H2,1H3. The number of hydrogen-bond donors (Lipinski definition) is 0. The van der Waals surface area contributed by atoms with Crippen LogP contribution in [-0.2, 0) is 10.2 Å². The summed E-state index contributed by atoms with van der Waals surface area (Å²) in [5.74, 6) is 1.23. The van der Waals surface area contributed by atoms with Gasteiger partial charge < -0.3 is 4.42 Å². The molecule has 0 bridgehead atoms. The molecule has 1 unspecified atom stereocenters. The lowest BCUT2D eigenvalue weighted by molar-refractivity contribution is -0.117. The molecule has 1 aliphatic carbocycles. The van der Waals surface area contributed by atoms with E-state index in [1.807, 2.05) is 24.3 Å². The van der Waals surface area contributed by atoms with Crippen molar-refractivity contribution in [3.63, 3.8) is 0 Å². The minimum atomic E-state index is -0.136. The topological polar surface area (TPSA) is 30.2 Å². The Morgan fingerprint density at radius 1 is 1.35 bits per heavy atom. The minimum Gasteiger partial charge on any atom is -0.460 e. The zero-order valence-corrected chi connectivity index (χ0v) is 10.4. The molecule has 1 aromatic carbocycles. The van der Waals surface area contributed by atoms with Crippen LogP contribution in [0.15, 0.2) is 28.7 Å². The predicted octanol–water partition coefficient (Wildman–Crippen LogP) is 4.10. The molecule has 0 spiro atoms. The molecule has 88 valence electrons. The van der Waals surface area contributed by atoms with Gasteiger partial charge in [-0.1, -0.05) is 18.5 Å². The molecule has 0 amide bonds. The first-order chi connectivity index (χ1) is 8.07. The molecule has 0 aliphatic heterocycles. The van der Waals surface area contributed by atoms with Crippen molar-refractivity contribution >= 4 is 28.4 Å². The minimum absolute atomic E-state index is 0.136. The van der Waals surface area contributed by atoms with E-state index in [2.05, 4.69) is 6.92 Å². The first-order valence-corrected chi connectivity index (χ1v) is 6.16. The van der Waals surface area contributed by atoms with Crippen molar-refractivity contribution in [3.8, 4) is 0 Å². The van der Waals surface area contributed by atoms with Crippen LogP contribution in [0, 0.1) is 0 Å². The smallest absolute Gasteiger partial charge is 0.134 e. The molecule has 0 N–H and O–H groups in total. The van der Waals surface area contributed by atoms with Crippen molar-refractivity contribution in [1.82, 2.24) is 0 Å². The lowest BCUT2D eigenvalue weighted by atomic mass is 9.86. The number of Topliss-reactive ketones (excluding diaryl/α,β-unsaturated/α-hetero) is 1. The number of carbonyl (C=O) groups is 1. The molecule has 2 aromatic rings. The quantitative estimate of drug-likeness (QED) is 0.761. The number of hydrogen-bond acceptors (Lipinski definition) is 2. The van der Waals surface area contributed by atoms with Gasteiger partial charge in [0.15, 0.2) is 0 Å². The van der Waals surface area contributed by atoms with Crippen LogP contribution in [0.1, 0.15) is 31.9 Å². The summed E-state index contributed by atoms with van der Waals surface area (Å²) in [4.78, 5) is 11.4. The molecular formula is C14H13ClO2. The van der Waals surface area contributed by atoms with Crippen LogP contribution >= 0.6 is 11.6 Å². The number of furan rings is 1. The van der Waals surface area contributed by atoms with E-state index in [0.717, 1.165) is 23.2 Å². The van der Waals surface area contributed by atoms with E-state index in [1.165, 1.54) is 0 Å². The summed E-state index contributed by atoms with van der Waals surface area (Å²) >= 11 is 5.95. The second-order valence-corrected chi connectivity index (χ2v) is 5.51. The lowest BCUT2D eigenvalue weighted by Crippen LogP contribution is -2.16. The van der Waals surface area contributed by atoms with E-state index in [-0.39, 0.29) is 5.41 Å². The number of benzene rings is 1. The average molecular weight is 249 g/mol. The Balaban J connectivity index is 2.09. The second kappa shape index (κ2) is 3.61. The van der Waals surface area contributed by atoms with Crippen LogP contribution in [0.2, 0.25) is 5.02 Å². The van der Waals surface area contributed by atoms with E-state index in [0.29, 0.717) is 23.6 Å². The molecule has 17 heavy (non-hydrogen) atoms. The third kappa shape index (κ3) is 1.77. The maximum Gasteiger partial charge on any atom is 0.134 e. The Morgan fingerprint density at radius 2 is 2.18 bits per heavy atom. The van der Waals surface area contributed by atoms with Crippen LogP contribution in [0.5, 0.6) is 0 Å². The van der Waals surface area contributed by atoms with Crippen molar-refractivity contribution in [2.45, 2.75) is 31.6 Å². The van der Waals surface area contributed by atoms with Gasteiger partial charge in [0.2, 0.25) is 0 Å². The molecule has 1 aromatic heterocycles. The predicted molar refractivity (Wildman–Crippen MR) is 67.4 cm³/mol. The lowest BCUT2D eigenvalue weighted by Gasteiger charge is -2.18. The van der Waals surface area contributed by atoms with Crippen LogP contribution < -0.4 is 0 Å². The van der Waals surface area contributed by atoms with Crippen molar-refractivity contribution < 1.29 is 9.21 Å². The van der Waals surface area contributed by atoms with Gasteiger partial charge in [-0.15, -0.1) is 0 Å². The van der Waals surface area contributed by atoms with Gasteiger partial charge in [0.25, 0.3) is 0 Å². The van der Waals surface area contributed by atoms with Crippen molar-refractivity contribution in [2.75, 3.05) is 0 Å². The normalized spacial score (nSPS) is 24.7. The molecule has 1 fully saturated rings. The molecule has 3 heteroatoms. The number of carbonyl (C=O) groups excluding carboxylic acids is 1. The molecule has 2 nitrogen and oxygen atoms in total. The first-order valence-electron chi connectivity index (χ1n) is 5.78. The molecule has 0 radical (unpaired) electrons. The monoisotopic (exact) mass is 248 g/mol.